The Bertz CT molecular complexity index is 615. The van der Waals surface area contributed by atoms with E-state index in [1.165, 1.54) is 12.3 Å². The van der Waals surface area contributed by atoms with Gasteiger partial charge in [-0.25, -0.2) is 0 Å². The minimum Gasteiger partial charge on any atom is -0.463 e. The van der Waals surface area contributed by atoms with Crippen LogP contribution in [0.25, 0.3) is 11.0 Å². The molecule has 5 heteroatoms. The molecule has 0 N–H and O–H groups in total. The summed E-state index contributed by atoms with van der Waals surface area (Å²) in [5.74, 6) is 0. The molecular formula is C10H4ClNO2S. The Hall–Kier alpha value is -1.44. The molecule has 0 aliphatic rings. The minimum absolute atomic E-state index is 0.231. The highest BCUT2D eigenvalue weighted by atomic mass is 35.5. The zero-order chi connectivity index (χ0) is 10.8. The summed E-state index contributed by atoms with van der Waals surface area (Å²) < 4.78 is 5.20. The van der Waals surface area contributed by atoms with Gasteiger partial charge in [0.1, 0.15) is 22.1 Å². The number of halogens is 1. The molecule has 0 radical (unpaired) electrons. The van der Waals surface area contributed by atoms with E-state index in [0.29, 0.717) is 16.0 Å². The molecule has 0 saturated heterocycles. The van der Waals surface area contributed by atoms with E-state index in [2.05, 4.69) is 0 Å². The third kappa shape index (κ3) is 1.84. The maximum atomic E-state index is 11.8. The van der Waals surface area contributed by atoms with Crippen molar-refractivity contribution in [3.05, 3.63) is 39.7 Å². The van der Waals surface area contributed by atoms with Gasteiger partial charge < -0.3 is 4.42 Å². The van der Waals surface area contributed by atoms with Gasteiger partial charge in [-0.3, -0.25) is 4.79 Å². The van der Waals surface area contributed by atoms with Crippen LogP contribution in [-0.4, -0.2) is 0 Å². The lowest BCUT2D eigenvalue weighted by Crippen LogP contribution is -2.02. The van der Waals surface area contributed by atoms with E-state index in [-0.39, 0.29) is 10.3 Å². The van der Waals surface area contributed by atoms with Crippen LogP contribution in [0.5, 0.6) is 0 Å². The number of nitrogens with zero attached hydrogens (tertiary/aromatic N) is 1. The molecule has 0 aliphatic carbocycles. The second-order valence-electron chi connectivity index (χ2n) is 2.76. The highest BCUT2D eigenvalue weighted by Gasteiger charge is 2.07. The summed E-state index contributed by atoms with van der Waals surface area (Å²) in [6.45, 7) is 0. The van der Waals surface area contributed by atoms with Crippen LogP contribution in [0.1, 0.15) is 0 Å². The molecule has 0 fully saturated rings. The molecule has 1 aromatic carbocycles. The molecule has 0 atom stereocenters. The zero-order valence-electron chi connectivity index (χ0n) is 7.36. The van der Waals surface area contributed by atoms with E-state index in [1.54, 1.807) is 12.1 Å². The fourth-order valence-electron chi connectivity index (χ4n) is 1.21. The third-order valence-electron chi connectivity index (χ3n) is 1.86. The molecule has 0 spiro atoms. The van der Waals surface area contributed by atoms with Gasteiger partial charge in [-0.1, -0.05) is 11.6 Å². The van der Waals surface area contributed by atoms with Crippen molar-refractivity contribution in [2.24, 2.45) is 0 Å². The van der Waals surface area contributed by atoms with Crippen LogP contribution >= 0.6 is 23.4 Å². The summed E-state index contributed by atoms with van der Waals surface area (Å²) in [6.07, 6.45) is 1.28. The van der Waals surface area contributed by atoms with Crippen molar-refractivity contribution >= 4 is 34.3 Å². The van der Waals surface area contributed by atoms with Gasteiger partial charge in [0, 0.05) is 5.02 Å². The smallest absolute Gasteiger partial charge is 0.207 e. The quantitative estimate of drug-likeness (QED) is 0.565. The first-order valence-electron chi connectivity index (χ1n) is 3.99. The molecule has 3 nitrogen and oxygen atoms in total. The monoisotopic (exact) mass is 237 g/mol. The highest BCUT2D eigenvalue weighted by Crippen LogP contribution is 2.20. The summed E-state index contributed by atoms with van der Waals surface area (Å²) >= 11 is 6.55. The van der Waals surface area contributed by atoms with E-state index < -0.39 is 0 Å². The van der Waals surface area contributed by atoms with Crippen LogP contribution in [0, 0.1) is 10.7 Å². The molecule has 74 valence electrons. The molecule has 1 aromatic heterocycles. The van der Waals surface area contributed by atoms with Crippen molar-refractivity contribution in [3.8, 4) is 5.40 Å². The van der Waals surface area contributed by atoms with E-state index in [4.69, 9.17) is 21.3 Å². The van der Waals surface area contributed by atoms with Gasteiger partial charge in [0.05, 0.1) is 5.39 Å². The number of nitriles is 1. The number of benzene rings is 1. The molecule has 2 rings (SSSR count). The predicted molar refractivity (Wildman–Crippen MR) is 59.0 cm³/mol. The lowest BCUT2D eigenvalue weighted by molar-refractivity contribution is 0.587. The van der Waals surface area contributed by atoms with Crippen molar-refractivity contribution < 1.29 is 4.42 Å². The van der Waals surface area contributed by atoms with Gasteiger partial charge in [-0.05, 0) is 30.0 Å². The Kier molecular flexibility index (Phi) is 2.67. The second kappa shape index (κ2) is 3.97. The van der Waals surface area contributed by atoms with Crippen molar-refractivity contribution in [2.45, 2.75) is 4.90 Å². The predicted octanol–water partition coefficient (Wildman–Crippen LogP) is 3.02. The van der Waals surface area contributed by atoms with Crippen molar-refractivity contribution in [3.63, 3.8) is 0 Å². The van der Waals surface area contributed by atoms with E-state index in [9.17, 15) is 4.79 Å². The average Bonchev–Trinajstić information content (AvgIpc) is 2.23. The van der Waals surface area contributed by atoms with Crippen molar-refractivity contribution in [1.82, 2.24) is 0 Å². The van der Waals surface area contributed by atoms with Crippen LogP contribution in [0.15, 0.2) is 38.6 Å². The normalized spacial score (nSPS) is 10.1. The average molecular weight is 238 g/mol. The van der Waals surface area contributed by atoms with Gasteiger partial charge in [0.15, 0.2) is 0 Å². The number of thioether (sulfide) groups is 1. The molecule has 0 bridgehead atoms. The molecule has 0 amide bonds. The Balaban J connectivity index is 2.78. The summed E-state index contributed by atoms with van der Waals surface area (Å²) in [5, 5.41) is 11.2. The molecule has 0 saturated carbocycles. The zero-order valence-corrected chi connectivity index (χ0v) is 8.93. The number of fused-ring (bicyclic) bond motifs is 1. The van der Waals surface area contributed by atoms with Crippen molar-refractivity contribution in [1.29, 1.82) is 5.26 Å². The topological polar surface area (TPSA) is 54.0 Å². The molecule has 0 unspecified atom stereocenters. The van der Waals surface area contributed by atoms with Gasteiger partial charge >= 0.3 is 0 Å². The molecule has 15 heavy (non-hydrogen) atoms. The third-order valence-corrected chi connectivity index (χ3v) is 2.69. The van der Waals surface area contributed by atoms with Gasteiger partial charge in [0.25, 0.3) is 0 Å². The largest absolute Gasteiger partial charge is 0.463 e. The van der Waals surface area contributed by atoms with Crippen LogP contribution in [0.4, 0.5) is 0 Å². The fourth-order valence-corrected chi connectivity index (χ4v) is 1.77. The fraction of sp³-hybridized carbons (Fsp3) is 0. The van der Waals surface area contributed by atoms with E-state index >= 15 is 0 Å². The van der Waals surface area contributed by atoms with Crippen LogP contribution in [0.2, 0.25) is 5.02 Å². The van der Waals surface area contributed by atoms with Gasteiger partial charge in [-0.15, -0.1) is 0 Å². The summed E-state index contributed by atoms with van der Waals surface area (Å²) in [7, 11) is 0. The molecule has 1 heterocycles. The Morgan fingerprint density at radius 2 is 2.27 bits per heavy atom. The van der Waals surface area contributed by atoms with Crippen LogP contribution in [0.3, 0.4) is 0 Å². The standard InChI is InChI=1S/C10H4ClNO2S/c11-6-1-2-8-7(3-6)10(13)9(4-14-8)15-5-12/h1-4H. The Labute approximate surface area is 94.3 Å². The maximum Gasteiger partial charge on any atom is 0.207 e. The molecule has 2 aromatic rings. The SMILES string of the molecule is N#CSc1coc2ccc(Cl)cc2c1=O. The summed E-state index contributed by atoms with van der Waals surface area (Å²) in [5.41, 5.74) is 0.233. The lowest BCUT2D eigenvalue weighted by Gasteiger charge is -1.98. The van der Waals surface area contributed by atoms with E-state index in [1.807, 2.05) is 5.40 Å². The highest BCUT2D eigenvalue weighted by molar-refractivity contribution is 8.03. The summed E-state index contributed by atoms with van der Waals surface area (Å²) in [4.78, 5) is 12.1. The van der Waals surface area contributed by atoms with Crippen LogP contribution < -0.4 is 5.43 Å². The Morgan fingerprint density at radius 3 is 3.00 bits per heavy atom. The van der Waals surface area contributed by atoms with Gasteiger partial charge in [-0.2, -0.15) is 5.26 Å². The second-order valence-corrected chi connectivity index (χ2v) is 4.03. The number of thiocyanates is 1. The van der Waals surface area contributed by atoms with Gasteiger partial charge in [0.2, 0.25) is 5.43 Å². The van der Waals surface area contributed by atoms with E-state index in [0.717, 1.165) is 11.8 Å². The maximum absolute atomic E-state index is 11.8. The first-order chi connectivity index (χ1) is 7.22. The molecular weight excluding hydrogens is 234 g/mol. The minimum atomic E-state index is -0.231. The summed E-state index contributed by atoms with van der Waals surface area (Å²) in [6, 6.07) is 4.80. The van der Waals surface area contributed by atoms with Crippen molar-refractivity contribution in [2.75, 3.05) is 0 Å². The molecule has 0 aliphatic heterocycles. The lowest BCUT2D eigenvalue weighted by atomic mass is 10.2. The first kappa shape index (κ1) is 10.1. The first-order valence-corrected chi connectivity index (χ1v) is 5.19. The Morgan fingerprint density at radius 1 is 1.47 bits per heavy atom. The number of hydrogen-bond donors (Lipinski definition) is 0. The number of hydrogen-bond acceptors (Lipinski definition) is 4. The van der Waals surface area contributed by atoms with Crippen LogP contribution in [-0.2, 0) is 0 Å². The number of rotatable bonds is 1.